The normalized spacial score (nSPS) is 21.6. The maximum atomic E-state index is 15.2. The lowest BCUT2D eigenvalue weighted by molar-refractivity contribution is 0.0393. The Kier molecular flexibility index (Phi) is 6.71. The second-order valence-corrected chi connectivity index (χ2v) is 9.28. The fourth-order valence-corrected chi connectivity index (χ4v) is 4.92. The fourth-order valence-electron chi connectivity index (χ4n) is 4.92. The number of fused-ring (bicyclic) bond motifs is 1. The number of rotatable bonds is 5. The van der Waals surface area contributed by atoms with Gasteiger partial charge in [-0.1, -0.05) is 18.2 Å². The van der Waals surface area contributed by atoms with Crippen molar-refractivity contribution in [1.29, 1.82) is 0 Å². The zero-order valence-electron chi connectivity index (χ0n) is 20.4. The number of morpholine rings is 1. The summed E-state index contributed by atoms with van der Waals surface area (Å²) in [5.74, 6) is -0.318. The van der Waals surface area contributed by atoms with Crippen LogP contribution in [0.5, 0.6) is 0 Å². The first-order valence-corrected chi connectivity index (χ1v) is 12.0. The Morgan fingerprint density at radius 2 is 2.00 bits per heavy atom. The van der Waals surface area contributed by atoms with Gasteiger partial charge in [0.2, 0.25) is 0 Å². The van der Waals surface area contributed by atoms with Gasteiger partial charge in [0, 0.05) is 36.9 Å². The third-order valence-electron chi connectivity index (χ3n) is 6.68. The van der Waals surface area contributed by atoms with Gasteiger partial charge in [-0.05, 0) is 54.8 Å². The second-order valence-electron chi connectivity index (χ2n) is 9.28. The Bertz CT molecular complexity index is 1250. The molecule has 1 fully saturated rings. The van der Waals surface area contributed by atoms with Crippen molar-refractivity contribution in [3.8, 4) is 0 Å². The van der Waals surface area contributed by atoms with Crippen LogP contribution in [0.25, 0.3) is 0 Å². The van der Waals surface area contributed by atoms with E-state index in [4.69, 9.17) is 10.5 Å². The van der Waals surface area contributed by atoms with Crippen molar-refractivity contribution in [1.82, 2.24) is 9.91 Å². The van der Waals surface area contributed by atoms with Crippen molar-refractivity contribution in [2.24, 2.45) is 15.8 Å². The molecule has 3 aliphatic rings. The molecule has 0 aliphatic carbocycles. The lowest BCUT2D eigenvalue weighted by Crippen LogP contribution is -2.46. The van der Waals surface area contributed by atoms with Crippen LogP contribution in [0.2, 0.25) is 0 Å². The van der Waals surface area contributed by atoms with Crippen LogP contribution in [-0.4, -0.2) is 67.0 Å². The Morgan fingerprint density at radius 3 is 2.78 bits per heavy atom. The van der Waals surface area contributed by atoms with Crippen LogP contribution in [0.3, 0.4) is 0 Å². The first-order chi connectivity index (χ1) is 17.4. The molecule has 10 heteroatoms. The standard InChI is InChI=1S/C26H30FN7O2/c1-16-4-3-5-18(10-16)31-26(35)32-23-11-17(2)20(13-22(23)27)21-12-19(14-33-6-8-36-9-7-33)34-24(21)25(28)29-15-30-34/h3-5,10-13,15,21,24H,6-9,14H2,1-2H3,(H2,28,29,30)(H2,31,32,35). The predicted octanol–water partition coefficient (Wildman–Crippen LogP) is 3.38. The van der Waals surface area contributed by atoms with E-state index in [0.717, 1.165) is 35.5 Å². The van der Waals surface area contributed by atoms with Crippen molar-refractivity contribution in [2.75, 3.05) is 43.5 Å². The molecule has 1 saturated heterocycles. The van der Waals surface area contributed by atoms with E-state index in [0.29, 0.717) is 31.3 Å². The summed E-state index contributed by atoms with van der Waals surface area (Å²) >= 11 is 0. The molecule has 5 rings (SSSR count). The molecule has 0 spiro atoms. The Morgan fingerprint density at radius 1 is 1.19 bits per heavy atom. The molecular weight excluding hydrogens is 461 g/mol. The minimum Gasteiger partial charge on any atom is -0.385 e. The number of halogens is 1. The summed E-state index contributed by atoms with van der Waals surface area (Å²) in [6.45, 7) is 7.60. The summed E-state index contributed by atoms with van der Waals surface area (Å²) in [7, 11) is 0. The third-order valence-corrected chi connectivity index (χ3v) is 6.68. The van der Waals surface area contributed by atoms with Gasteiger partial charge in [0.15, 0.2) is 0 Å². The number of ether oxygens (including phenoxy) is 1. The average Bonchev–Trinajstić information content (AvgIpc) is 3.21. The summed E-state index contributed by atoms with van der Waals surface area (Å²) in [4.78, 5) is 19.0. The maximum Gasteiger partial charge on any atom is 0.323 e. The number of benzene rings is 2. The molecule has 0 radical (unpaired) electrons. The number of hydrogen-bond acceptors (Lipinski definition) is 7. The van der Waals surface area contributed by atoms with Gasteiger partial charge in [-0.15, -0.1) is 0 Å². The highest BCUT2D eigenvalue weighted by molar-refractivity contribution is 6.00. The highest BCUT2D eigenvalue weighted by Gasteiger charge is 2.40. The zero-order chi connectivity index (χ0) is 25.2. The molecule has 2 aromatic rings. The number of carbonyl (C=O) groups is 1. The predicted molar refractivity (Wildman–Crippen MR) is 139 cm³/mol. The van der Waals surface area contributed by atoms with E-state index >= 15 is 4.39 Å². The monoisotopic (exact) mass is 491 g/mol. The summed E-state index contributed by atoms with van der Waals surface area (Å²) in [5.41, 5.74) is 10.7. The average molecular weight is 492 g/mol. The van der Waals surface area contributed by atoms with E-state index in [9.17, 15) is 4.79 Å². The van der Waals surface area contributed by atoms with E-state index in [2.05, 4.69) is 31.7 Å². The van der Waals surface area contributed by atoms with E-state index in [1.807, 2.05) is 37.1 Å². The van der Waals surface area contributed by atoms with Crippen LogP contribution in [0.4, 0.5) is 20.6 Å². The Labute approximate surface area is 209 Å². The van der Waals surface area contributed by atoms with Gasteiger partial charge in [-0.2, -0.15) is 5.10 Å². The minimum absolute atomic E-state index is 0.108. The van der Waals surface area contributed by atoms with Crippen LogP contribution >= 0.6 is 0 Å². The Hall–Kier alpha value is -3.76. The largest absolute Gasteiger partial charge is 0.385 e. The molecule has 0 aromatic heterocycles. The molecule has 2 amide bonds. The quantitative estimate of drug-likeness (QED) is 0.594. The number of urea groups is 1. The molecule has 0 bridgehead atoms. The SMILES string of the molecule is Cc1cccc(NC(=O)Nc2cc(C)c(C3C=C(CN4CCOCC4)N4N=CN=C(N)C34)cc2F)c1. The first-order valence-electron chi connectivity index (χ1n) is 12.0. The summed E-state index contributed by atoms with van der Waals surface area (Å²) in [6, 6.07) is 9.69. The number of amides is 2. The number of carbonyl (C=O) groups excluding carboxylic acids is 1. The van der Waals surface area contributed by atoms with Crippen LogP contribution in [0.15, 0.2) is 58.3 Å². The summed E-state index contributed by atoms with van der Waals surface area (Å²) in [6.07, 6.45) is 3.55. The number of hydrogen-bond donors (Lipinski definition) is 3. The van der Waals surface area contributed by atoms with Crippen LogP contribution in [0.1, 0.15) is 22.6 Å². The topological polar surface area (TPSA) is 108 Å². The smallest absolute Gasteiger partial charge is 0.323 e. The van der Waals surface area contributed by atoms with E-state index in [1.54, 1.807) is 12.1 Å². The second kappa shape index (κ2) is 10.1. The first kappa shape index (κ1) is 24.0. The highest BCUT2D eigenvalue weighted by Crippen LogP contribution is 2.39. The molecule has 2 atom stereocenters. The number of hydrazone groups is 1. The van der Waals surface area contributed by atoms with E-state index < -0.39 is 11.8 Å². The van der Waals surface area contributed by atoms with Crippen LogP contribution in [0, 0.1) is 19.7 Å². The highest BCUT2D eigenvalue weighted by atomic mass is 19.1. The van der Waals surface area contributed by atoms with Crippen LogP contribution < -0.4 is 16.4 Å². The van der Waals surface area contributed by atoms with Gasteiger partial charge >= 0.3 is 6.03 Å². The number of nitrogens with two attached hydrogens (primary N) is 1. The number of aliphatic imine (C=N–C) groups is 1. The lowest BCUT2D eigenvalue weighted by atomic mass is 9.88. The molecule has 0 saturated carbocycles. The summed E-state index contributed by atoms with van der Waals surface area (Å²) < 4.78 is 20.7. The minimum atomic E-state index is -0.522. The van der Waals surface area contributed by atoms with E-state index in [1.165, 1.54) is 12.4 Å². The van der Waals surface area contributed by atoms with Crippen molar-refractivity contribution >= 4 is 29.6 Å². The molecule has 2 unspecified atom stereocenters. The maximum absolute atomic E-state index is 15.2. The lowest BCUT2D eigenvalue weighted by Gasteiger charge is -2.33. The molecule has 9 nitrogen and oxygen atoms in total. The molecule has 188 valence electrons. The molecule has 3 aliphatic heterocycles. The number of aryl methyl sites for hydroxylation is 2. The molecule has 2 aromatic carbocycles. The number of nitrogens with zero attached hydrogens (tertiary/aromatic N) is 4. The molecule has 3 heterocycles. The summed E-state index contributed by atoms with van der Waals surface area (Å²) in [5, 5.41) is 11.7. The fraction of sp³-hybridized carbons (Fsp3) is 0.346. The van der Waals surface area contributed by atoms with E-state index in [-0.39, 0.29) is 17.6 Å². The Balaban J connectivity index is 1.37. The number of nitrogens with one attached hydrogen (secondary N) is 2. The van der Waals surface area contributed by atoms with Crippen molar-refractivity contribution in [3.63, 3.8) is 0 Å². The number of amidine groups is 1. The third kappa shape index (κ3) is 4.95. The van der Waals surface area contributed by atoms with Gasteiger partial charge < -0.3 is 21.1 Å². The zero-order valence-corrected chi connectivity index (χ0v) is 20.4. The molecule has 4 N–H and O–H groups in total. The van der Waals surface area contributed by atoms with Gasteiger partial charge in [0.1, 0.15) is 24.0 Å². The van der Waals surface area contributed by atoms with Crippen molar-refractivity contribution in [2.45, 2.75) is 25.8 Å². The van der Waals surface area contributed by atoms with Gasteiger partial charge in [-0.25, -0.2) is 14.2 Å². The molecular formula is C26H30FN7O2. The number of anilines is 2. The van der Waals surface area contributed by atoms with Gasteiger partial charge in [0.05, 0.1) is 18.9 Å². The van der Waals surface area contributed by atoms with Crippen molar-refractivity contribution < 1.29 is 13.9 Å². The molecule has 36 heavy (non-hydrogen) atoms. The van der Waals surface area contributed by atoms with Gasteiger partial charge in [-0.3, -0.25) is 9.91 Å². The van der Waals surface area contributed by atoms with Gasteiger partial charge in [0.25, 0.3) is 0 Å². The van der Waals surface area contributed by atoms with Crippen LogP contribution in [-0.2, 0) is 4.74 Å². The van der Waals surface area contributed by atoms with Crippen molar-refractivity contribution in [3.05, 3.63) is 70.7 Å².